The van der Waals surface area contributed by atoms with Gasteiger partial charge < -0.3 is 9.47 Å². The van der Waals surface area contributed by atoms with Crippen molar-refractivity contribution in [1.29, 1.82) is 0 Å². The standard InChI is InChI=1S/C29H27F3O2/c1-2-3-4-5-22-18-33-29(34-19-22)13-8-21-15-27(31)26(28(32)16-21)12-7-20-6-9-24-17-25(30)11-10-23(24)14-20/h2-3,6,9-11,14-17,22,29H,4-5,8,13,18-19H2,1H3/b3-2+. The molecule has 1 fully saturated rings. The van der Waals surface area contributed by atoms with E-state index in [0.29, 0.717) is 43.1 Å². The van der Waals surface area contributed by atoms with Crippen LogP contribution < -0.4 is 0 Å². The maximum Gasteiger partial charge on any atom is 0.157 e. The summed E-state index contributed by atoms with van der Waals surface area (Å²) in [7, 11) is 0. The van der Waals surface area contributed by atoms with E-state index in [1.54, 1.807) is 24.3 Å². The Morgan fingerprint density at radius 2 is 1.59 bits per heavy atom. The van der Waals surface area contributed by atoms with Crippen LogP contribution in [0.25, 0.3) is 10.8 Å². The lowest BCUT2D eigenvalue weighted by molar-refractivity contribution is -0.203. The van der Waals surface area contributed by atoms with Gasteiger partial charge in [-0.25, -0.2) is 13.2 Å². The largest absolute Gasteiger partial charge is 0.352 e. The highest BCUT2D eigenvalue weighted by atomic mass is 19.1. The van der Waals surface area contributed by atoms with Crippen molar-refractivity contribution in [2.45, 2.75) is 38.9 Å². The fraction of sp³-hybridized carbons (Fsp3) is 0.310. The van der Waals surface area contributed by atoms with E-state index in [4.69, 9.17) is 9.47 Å². The van der Waals surface area contributed by atoms with E-state index < -0.39 is 11.6 Å². The first-order chi connectivity index (χ1) is 16.5. The molecule has 0 amide bonds. The van der Waals surface area contributed by atoms with E-state index in [2.05, 4.69) is 17.9 Å². The highest BCUT2D eigenvalue weighted by Crippen LogP contribution is 2.22. The molecule has 0 saturated carbocycles. The molecule has 34 heavy (non-hydrogen) atoms. The van der Waals surface area contributed by atoms with Crippen molar-refractivity contribution in [3.63, 3.8) is 0 Å². The summed E-state index contributed by atoms with van der Waals surface area (Å²) in [5, 5.41) is 1.54. The molecule has 0 unspecified atom stereocenters. The summed E-state index contributed by atoms with van der Waals surface area (Å²) in [6, 6.07) is 12.3. The summed E-state index contributed by atoms with van der Waals surface area (Å²) in [4.78, 5) is 0. The van der Waals surface area contributed by atoms with Gasteiger partial charge in [0.2, 0.25) is 0 Å². The Morgan fingerprint density at radius 3 is 2.32 bits per heavy atom. The first kappa shape index (κ1) is 24.1. The maximum atomic E-state index is 14.6. The molecule has 176 valence electrons. The zero-order chi connectivity index (χ0) is 23.9. The number of fused-ring (bicyclic) bond motifs is 1. The Kier molecular flexibility index (Phi) is 8.05. The first-order valence-electron chi connectivity index (χ1n) is 11.6. The van der Waals surface area contributed by atoms with Crippen molar-refractivity contribution in [3.05, 3.63) is 94.8 Å². The zero-order valence-corrected chi connectivity index (χ0v) is 19.1. The fourth-order valence-corrected chi connectivity index (χ4v) is 4.02. The Balaban J connectivity index is 1.36. The monoisotopic (exact) mass is 464 g/mol. The van der Waals surface area contributed by atoms with Crippen LogP contribution in [0.15, 0.2) is 60.7 Å². The van der Waals surface area contributed by atoms with Crippen LogP contribution in [0.4, 0.5) is 13.2 Å². The Labute approximate surface area is 198 Å². The number of benzene rings is 3. The molecule has 3 aromatic rings. The molecule has 0 bridgehead atoms. The summed E-state index contributed by atoms with van der Waals surface area (Å²) in [5.41, 5.74) is 0.866. The number of rotatable bonds is 6. The average molecular weight is 465 g/mol. The van der Waals surface area contributed by atoms with Crippen LogP contribution in [0.2, 0.25) is 0 Å². The molecule has 0 radical (unpaired) electrons. The second-order valence-electron chi connectivity index (χ2n) is 8.54. The van der Waals surface area contributed by atoms with Crippen LogP contribution in [0.3, 0.4) is 0 Å². The molecule has 0 aromatic heterocycles. The number of hydrogen-bond acceptors (Lipinski definition) is 2. The summed E-state index contributed by atoms with van der Waals surface area (Å²) in [5.74, 6) is 4.08. The average Bonchev–Trinajstić information content (AvgIpc) is 2.83. The van der Waals surface area contributed by atoms with Gasteiger partial charge >= 0.3 is 0 Å². The van der Waals surface area contributed by atoms with Crippen LogP contribution in [-0.4, -0.2) is 19.5 Å². The fourth-order valence-electron chi connectivity index (χ4n) is 4.02. The molecule has 3 aromatic carbocycles. The van der Waals surface area contributed by atoms with Gasteiger partial charge in [0, 0.05) is 17.9 Å². The van der Waals surface area contributed by atoms with Crippen molar-refractivity contribution in [1.82, 2.24) is 0 Å². The van der Waals surface area contributed by atoms with Gasteiger partial charge in [-0.05, 0) is 78.9 Å². The number of halogens is 3. The predicted molar refractivity (Wildman–Crippen MR) is 128 cm³/mol. The Bertz CT molecular complexity index is 1210. The third-order valence-electron chi connectivity index (χ3n) is 5.92. The third-order valence-corrected chi connectivity index (χ3v) is 5.92. The van der Waals surface area contributed by atoms with Gasteiger partial charge in [-0.3, -0.25) is 0 Å². The lowest BCUT2D eigenvalue weighted by Crippen LogP contribution is -2.32. The molecule has 0 atom stereocenters. The Morgan fingerprint density at radius 1 is 0.882 bits per heavy atom. The molecule has 5 heteroatoms. The topological polar surface area (TPSA) is 18.5 Å². The Hall–Kier alpha value is -3.07. The third kappa shape index (κ3) is 6.28. The minimum Gasteiger partial charge on any atom is -0.352 e. The SMILES string of the molecule is C/C=C/CCC1COC(CCc2cc(F)c(C#Cc3ccc4cc(F)ccc4c3)c(F)c2)OC1. The lowest BCUT2D eigenvalue weighted by Gasteiger charge is -2.29. The lowest BCUT2D eigenvalue weighted by atomic mass is 10.0. The van der Waals surface area contributed by atoms with E-state index in [1.807, 2.05) is 13.0 Å². The van der Waals surface area contributed by atoms with E-state index in [9.17, 15) is 13.2 Å². The molecular weight excluding hydrogens is 437 g/mol. The smallest absolute Gasteiger partial charge is 0.157 e. The van der Waals surface area contributed by atoms with Crippen molar-refractivity contribution < 1.29 is 22.6 Å². The molecule has 1 aliphatic rings. The van der Waals surface area contributed by atoms with Crippen LogP contribution in [0.5, 0.6) is 0 Å². The number of hydrogen-bond donors (Lipinski definition) is 0. The molecule has 4 rings (SSSR count). The molecule has 1 saturated heterocycles. The summed E-state index contributed by atoms with van der Waals surface area (Å²) in [6.07, 6.45) is 6.81. The van der Waals surface area contributed by atoms with Gasteiger partial charge in [-0.15, -0.1) is 0 Å². The van der Waals surface area contributed by atoms with Crippen molar-refractivity contribution in [2.24, 2.45) is 5.92 Å². The second-order valence-corrected chi connectivity index (χ2v) is 8.54. The van der Waals surface area contributed by atoms with Crippen molar-refractivity contribution in [2.75, 3.05) is 13.2 Å². The van der Waals surface area contributed by atoms with Gasteiger partial charge in [0.05, 0.1) is 18.8 Å². The molecule has 0 aliphatic carbocycles. The van der Waals surface area contributed by atoms with Gasteiger partial charge in [-0.2, -0.15) is 0 Å². The van der Waals surface area contributed by atoms with Gasteiger partial charge in [0.15, 0.2) is 6.29 Å². The van der Waals surface area contributed by atoms with E-state index in [-0.39, 0.29) is 17.7 Å². The summed E-state index contributed by atoms with van der Waals surface area (Å²) >= 11 is 0. The maximum absolute atomic E-state index is 14.6. The quantitative estimate of drug-likeness (QED) is 0.291. The van der Waals surface area contributed by atoms with Gasteiger partial charge in [0.1, 0.15) is 17.5 Å². The van der Waals surface area contributed by atoms with Crippen LogP contribution in [0, 0.1) is 35.2 Å². The molecule has 2 nitrogen and oxygen atoms in total. The highest BCUT2D eigenvalue weighted by molar-refractivity contribution is 5.84. The van der Waals surface area contributed by atoms with Crippen molar-refractivity contribution >= 4 is 10.8 Å². The van der Waals surface area contributed by atoms with E-state index >= 15 is 0 Å². The predicted octanol–water partition coefficient (Wildman–Crippen LogP) is 6.93. The van der Waals surface area contributed by atoms with Crippen molar-refractivity contribution in [3.8, 4) is 11.8 Å². The van der Waals surface area contributed by atoms with Crippen LogP contribution >= 0.6 is 0 Å². The number of ether oxygens (including phenoxy) is 2. The molecule has 0 N–H and O–H groups in total. The second kappa shape index (κ2) is 11.4. The summed E-state index contributed by atoms with van der Waals surface area (Å²) in [6.45, 7) is 3.29. The molecule has 1 aliphatic heterocycles. The van der Waals surface area contributed by atoms with Crippen LogP contribution in [0.1, 0.15) is 42.9 Å². The summed E-state index contributed by atoms with van der Waals surface area (Å²) < 4.78 is 54.1. The molecular formula is C29H27F3O2. The molecule has 1 heterocycles. The van der Waals surface area contributed by atoms with Gasteiger partial charge in [-0.1, -0.05) is 36.1 Å². The zero-order valence-electron chi connectivity index (χ0n) is 19.1. The number of allylic oxidation sites excluding steroid dienone is 2. The van der Waals surface area contributed by atoms with E-state index in [1.165, 1.54) is 24.3 Å². The molecule has 0 spiro atoms. The highest BCUT2D eigenvalue weighted by Gasteiger charge is 2.22. The van der Waals surface area contributed by atoms with Gasteiger partial charge in [0.25, 0.3) is 0 Å². The number of aryl methyl sites for hydroxylation is 1. The van der Waals surface area contributed by atoms with E-state index in [0.717, 1.165) is 23.6 Å². The first-order valence-corrected chi connectivity index (χ1v) is 11.6. The normalized spacial score (nSPS) is 18.2. The van der Waals surface area contributed by atoms with Crippen LogP contribution in [-0.2, 0) is 15.9 Å². The minimum absolute atomic E-state index is 0.267. The minimum atomic E-state index is -0.695.